The minimum absolute atomic E-state index is 0.0212. The third-order valence-electron chi connectivity index (χ3n) is 3.86. The van der Waals surface area contributed by atoms with Crippen LogP contribution < -0.4 is 15.2 Å². The van der Waals surface area contributed by atoms with Gasteiger partial charge in [-0.05, 0) is 35.9 Å². The Hall–Kier alpha value is -2.69. The molecule has 0 aromatic heterocycles. The van der Waals surface area contributed by atoms with Crippen molar-refractivity contribution in [2.45, 2.75) is 13.1 Å². The van der Waals surface area contributed by atoms with E-state index in [9.17, 15) is 4.79 Å². The molecule has 0 saturated carbocycles. The number of fused-ring (bicyclic) bond motifs is 1. The van der Waals surface area contributed by atoms with Crippen molar-refractivity contribution < 1.29 is 14.3 Å². The molecule has 3 rings (SSSR count). The Morgan fingerprint density at radius 3 is 2.68 bits per heavy atom. The quantitative estimate of drug-likeness (QED) is 0.881. The predicted molar refractivity (Wildman–Crippen MR) is 84.0 cm³/mol. The first kappa shape index (κ1) is 14.3. The van der Waals surface area contributed by atoms with Crippen LogP contribution in [0.4, 0.5) is 5.69 Å². The molecule has 1 heterocycles. The van der Waals surface area contributed by atoms with Crippen LogP contribution in [0.5, 0.6) is 11.5 Å². The van der Waals surface area contributed by atoms with Crippen molar-refractivity contribution in [1.82, 2.24) is 4.90 Å². The van der Waals surface area contributed by atoms with Crippen molar-refractivity contribution >= 4 is 11.6 Å². The van der Waals surface area contributed by atoms with Crippen molar-refractivity contribution in [3.8, 4) is 11.5 Å². The van der Waals surface area contributed by atoms with E-state index in [0.29, 0.717) is 24.5 Å². The number of nitrogens with two attached hydrogens (primary N) is 1. The summed E-state index contributed by atoms with van der Waals surface area (Å²) in [6.45, 7) is 1.05. The molecule has 5 nitrogen and oxygen atoms in total. The van der Waals surface area contributed by atoms with E-state index >= 15 is 0 Å². The number of benzene rings is 2. The molecule has 0 saturated heterocycles. The Bertz CT molecular complexity index is 728. The summed E-state index contributed by atoms with van der Waals surface area (Å²) in [6.07, 6.45) is 0. The smallest absolute Gasteiger partial charge is 0.254 e. The van der Waals surface area contributed by atoms with Crippen LogP contribution in [0.1, 0.15) is 21.5 Å². The Morgan fingerprint density at radius 1 is 1.14 bits per heavy atom. The average molecular weight is 298 g/mol. The molecule has 1 aliphatic rings. The zero-order valence-corrected chi connectivity index (χ0v) is 12.6. The number of rotatable bonds is 4. The van der Waals surface area contributed by atoms with Gasteiger partial charge in [-0.3, -0.25) is 4.79 Å². The molecule has 0 aliphatic carbocycles. The number of ether oxygens (including phenoxy) is 2. The molecule has 0 unspecified atom stereocenters. The van der Waals surface area contributed by atoms with Gasteiger partial charge in [0.1, 0.15) is 11.5 Å². The summed E-state index contributed by atoms with van der Waals surface area (Å²) in [5.41, 5.74) is 9.10. The van der Waals surface area contributed by atoms with Gasteiger partial charge in [0.2, 0.25) is 0 Å². The number of carbonyl (C=O) groups is 1. The molecule has 1 aliphatic heterocycles. The molecule has 0 spiro atoms. The van der Waals surface area contributed by atoms with Gasteiger partial charge in [0.05, 0.1) is 14.2 Å². The summed E-state index contributed by atoms with van der Waals surface area (Å²) in [4.78, 5) is 14.2. The lowest BCUT2D eigenvalue weighted by atomic mass is 10.1. The summed E-state index contributed by atoms with van der Waals surface area (Å²) >= 11 is 0. The lowest BCUT2D eigenvalue weighted by molar-refractivity contribution is 0.0765. The SMILES string of the molecule is COc1ccc(CN2Cc3cc(N)ccc3C2=O)c(OC)c1. The number of anilines is 1. The van der Waals surface area contributed by atoms with Crippen molar-refractivity contribution in [3.05, 3.63) is 53.1 Å². The molecule has 1 amide bonds. The minimum Gasteiger partial charge on any atom is -0.497 e. The Kier molecular flexibility index (Phi) is 3.63. The van der Waals surface area contributed by atoms with E-state index < -0.39 is 0 Å². The highest BCUT2D eigenvalue weighted by Crippen LogP contribution is 2.30. The van der Waals surface area contributed by atoms with Gasteiger partial charge in [0.15, 0.2) is 0 Å². The van der Waals surface area contributed by atoms with Crippen molar-refractivity contribution in [3.63, 3.8) is 0 Å². The highest BCUT2D eigenvalue weighted by atomic mass is 16.5. The first-order valence-corrected chi connectivity index (χ1v) is 7.01. The normalized spacial score (nSPS) is 13.2. The van der Waals surface area contributed by atoms with E-state index in [4.69, 9.17) is 15.2 Å². The van der Waals surface area contributed by atoms with Crippen LogP contribution in [0.3, 0.4) is 0 Å². The van der Waals surface area contributed by atoms with Crippen LogP contribution in [0.2, 0.25) is 0 Å². The molecule has 2 aromatic rings. The third kappa shape index (κ3) is 2.45. The lowest BCUT2D eigenvalue weighted by Gasteiger charge is -2.18. The summed E-state index contributed by atoms with van der Waals surface area (Å²) < 4.78 is 10.6. The Balaban J connectivity index is 1.85. The standard InChI is InChI=1S/C17H18N2O3/c1-21-14-5-3-11(16(8-14)22-2)9-19-10-12-7-13(18)4-6-15(12)17(19)20/h3-8H,9-10,18H2,1-2H3. The van der Waals surface area contributed by atoms with Gasteiger partial charge in [0, 0.05) is 36.0 Å². The van der Waals surface area contributed by atoms with E-state index in [1.54, 1.807) is 31.3 Å². The van der Waals surface area contributed by atoms with E-state index in [0.717, 1.165) is 22.4 Å². The number of nitrogens with zero attached hydrogens (tertiary/aromatic N) is 1. The van der Waals surface area contributed by atoms with Gasteiger partial charge in [-0.15, -0.1) is 0 Å². The van der Waals surface area contributed by atoms with Gasteiger partial charge >= 0.3 is 0 Å². The van der Waals surface area contributed by atoms with Crippen molar-refractivity contribution in [2.24, 2.45) is 0 Å². The van der Waals surface area contributed by atoms with E-state index in [2.05, 4.69) is 0 Å². The predicted octanol–water partition coefficient (Wildman–Crippen LogP) is 2.44. The van der Waals surface area contributed by atoms with Crippen LogP contribution >= 0.6 is 0 Å². The lowest BCUT2D eigenvalue weighted by Crippen LogP contribution is -2.23. The Morgan fingerprint density at radius 2 is 1.95 bits per heavy atom. The fourth-order valence-corrected chi connectivity index (χ4v) is 2.72. The first-order valence-electron chi connectivity index (χ1n) is 7.01. The van der Waals surface area contributed by atoms with E-state index in [1.807, 2.05) is 24.3 Å². The highest BCUT2D eigenvalue weighted by Gasteiger charge is 2.27. The topological polar surface area (TPSA) is 64.8 Å². The summed E-state index contributed by atoms with van der Waals surface area (Å²) in [5.74, 6) is 1.46. The maximum atomic E-state index is 12.5. The van der Waals surface area contributed by atoms with Crippen molar-refractivity contribution in [2.75, 3.05) is 20.0 Å². The molecule has 22 heavy (non-hydrogen) atoms. The number of methoxy groups -OCH3 is 2. The number of hydrogen-bond donors (Lipinski definition) is 1. The van der Waals surface area contributed by atoms with Gasteiger partial charge < -0.3 is 20.1 Å². The monoisotopic (exact) mass is 298 g/mol. The highest BCUT2D eigenvalue weighted by molar-refractivity contribution is 5.98. The van der Waals surface area contributed by atoms with Gasteiger partial charge in [-0.2, -0.15) is 0 Å². The number of amides is 1. The molecule has 0 atom stereocenters. The second-order valence-electron chi connectivity index (χ2n) is 5.26. The largest absolute Gasteiger partial charge is 0.497 e. The van der Waals surface area contributed by atoms with Crippen molar-refractivity contribution in [1.29, 1.82) is 0 Å². The zero-order chi connectivity index (χ0) is 15.7. The number of hydrogen-bond acceptors (Lipinski definition) is 4. The fraction of sp³-hybridized carbons (Fsp3) is 0.235. The van der Waals surface area contributed by atoms with Crippen LogP contribution in [-0.2, 0) is 13.1 Å². The molecule has 2 aromatic carbocycles. The van der Waals surface area contributed by atoms with Crippen LogP contribution in [-0.4, -0.2) is 25.0 Å². The second-order valence-corrected chi connectivity index (χ2v) is 5.26. The molecule has 5 heteroatoms. The zero-order valence-electron chi connectivity index (χ0n) is 12.6. The van der Waals surface area contributed by atoms with Gasteiger partial charge in [-0.25, -0.2) is 0 Å². The molecule has 0 fully saturated rings. The first-order chi connectivity index (χ1) is 10.6. The van der Waals surface area contributed by atoms with Crippen LogP contribution in [0.15, 0.2) is 36.4 Å². The van der Waals surface area contributed by atoms with Gasteiger partial charge in [-0.1, -0.05) is 0 Å². The van der Waals surface area contributed by atoms with Crippen LogP contribution in [0, 0.1) is 0 Å². The van der Waals surface area contributed by atoms with E-state index in [1.165, 1.54) is 0 Å². The minimum atomic E-state index is 0.0212. The molecule has 2 N–H and O–H groups in total. The summed E-state index contributed by atoms with van der Waals surface area (Å²) in [5, 5.41) is 0. The Labute approximate surface area is 129 Å². The summed E-state index contributed by atoms with van der Waals surface area (Å²) in [6, 6.07) is 11.0. The maximum absolute atomic E-state index is 12.5. The maximum Gasteiger partial charge on any atom is 0.254 e. The molecule has 114 valence electrons. The molecular weight excluding hydrogens is 280 g/mol. The second kappa shape index (κ2) is 5.60. The molecule has 0 radical (unpaired) electrons. The summed E-state index contributed by atoms with van der Waals surface area (Å²) in [7, 11) is 3.22. The molecule has 0 bridgehead atoms. The molecular formula is C17H18N2O3. The van der Waals surface area contributed by atoms with Gasteiger partial charge in [0.25, 0.3) is 5.91 Å². The van der Waals surface area contributed by atoms with Crippen LogP contribution in [0.25, 0.3) is 0 Å². The fourth-order valence-electron chi connectivity index (χ4n) is 2.72. The average Bonchev–Trinajstić information content (AvgIpc) is 2.83. The number of carbonyl (C=O) groups excluding carboxylic acids is 1. The third-order valence-corrected chi connectivity index (χ3v) is 3.86. The van der Waals surface area contributed by atoms with E-state index in [-0.39, 0.29) is 5.91 Å². The number of nitrogen functional groups attached to an aromatic ring is 1.